The zero-order chi connectivity index (χ0) is 11.2. The lowest BCUT2D eigenvalue weighted by Gasteiger charge is -2.25. The van der Waals surface area contributed by atoms with Crippen LogP contribution in [0.3, 0.4) is 0 Å². The third kappa shape index (κ3) is 3.54. The van der Waals surface area contributed by atoms with Crippen molar-refractivity contribution in [2.45, 2.75) is 12.5 Å². The number of alkyl halides is 3. The van der Waals surface area contributed by atoms with Crippen molar-refractivity contribution in [3.8, 4) is 0 Å². The topological polar surface area (TPSA) is 36.9 Å². The Morgan fingerprint density at radius 2 is 1.50 bits per heavy atom. The number of rotatable bonds is 7. The molecule has 0 saturated carbocycles. The van der Waals surface area contributed by atoms with Gasteiger partial charge in [-0.05, 0) is 0 Å². The third-order valence-corrected chi connectivity index (χ3v) is 3.45. The highest BCUT2D eigenvalue weighted by atomic mass is 28.4. The summed E-state index contributed by atoms with van der Waals surface area (Å²) in [5, 5.41) is 0. The van der Waals surface area contributed by atoms with E-state index in [4.69, 9.17) is 0 Å². The molecule has 0 aromatic rings. The van der Waals surface area contributed by atoms with Crippen LogP contribution in [-0.2, 0) is 17.7 Å². The van der Waals surface area contributed by atoms with Gasteiger partial charge in [0.05, 0.1) is 0 Å². The van der Waals surface area contributed by atoms with E-state index in [1.807, 2.05) is 0 Å². The van der Waals surface area contributed by atoms with E-state index in [2.05, 4.69) is 17.7 Å². The van der Waals surface area contributed by atoms with Gasteiger partial charge in [-0.25, -0.2) is 13.2 Å². The van der Waals surface area contributed by atoms with Gasteiger partial charge in [0.2, 0.25) is 6.36 Å². The van der Waals surface area contributed by atoms with Crippen molar-refractivity contribution in [2.24, 2.45) is 0 Å². The monoisotopic (exact) mass is 234 g/mol. The fourth-order valence-electron chi connectivity index (χ4n) is 0.676. The molecule has 2 atom stereocenters. The molecule has 0 bridgehead atoms. The minimum atomic E-state index is -3.64. The fraction of sp³-hybridized carbons (Fsp3) is 1.00. The Kier molecular flexibility index (Phi) is 6.28. The standard InChI is InChI=1S/C6H13F3O4Si/c1-10-14(11-2,12-3)13-6(9)5(8)4-7/h5-6H,4H2,1-3H3. The van der Waals surface area contributed by atoms with Gasteiger partial charge in [-0.2, -0.15) is 0 Å². The largest absolute Gasteiger partial charge is 0.681 e. The number of halogens is 3. The summed E-state index contributed by atoms with van der Waals surface area (Å²) in [4.78, 5) is 0. The number of hydrogen-bond acceptors (Lipinski definition) is 4. The highest BCUT2D eigenvalue weighted by Gasteiger charge is 2.46. The van der Waals surface area contributed by atoms with Crippen LogP contribution in [0, 0.1) is 0 Å². The van der Waals surface area contributed by atoms with Gasteiger partial charge >= 0.3 is 9.05 Å². The van der Waals surface area contributed by atoms with Crippen molar-refractivity contribution in [2.75, 3.05) is 28.0 Å². The van der Waals surface area contributed by atoms with Crippen LogP contribution in [0.1, 0.15) is 0 Å². The summed E-state index contributed by atoms with van der Waals surface area (Å²) in [7, 11) is -0.157. The average molecular weight is 234 g/mol. The Bertz CT molecular complexity index is 150. The highest BCUT2D eigenvalue weighted by Crippen LogP contribution is 2.16. The van der Waals surface area contributed by atoms with E-state index in [1.54, 1.807) is 0 Å². The Morgan fingerprint density at radius 1 is 1.07 bits per heavy atom. The van der Waals surface area contributed by atoms with E-state index in [0.717, 1.165) is 21.3 Å². The molecule has 0 N–H and O–H groups in total. The van der Waals surface area contributed by atoms with Gasteiger partial charge in [-0.1, -0.05) is 0 Å². The van der Waals surface area contributed by atoms with Gasteiger partial charge < -0.3 is 17.7 Å². The van der Waals surface area contributed by atoms with Crippen molar-refractivity contribution in [1.82, 2.24) is 0 Å². The summed E-state index contributed by atoms with van der Waals surface area (Å²) in [6.07, 6.45) is -4.84. The molecule has 14 heavy (non-hydrogen) atoms. The van der Waals surface area contributed by atoms with Crippen molar-refractivity contribution in [3.05, 3.63) is 0 Å². The molecule has 0 aromatic heterocycles. The van der Waals surface area contributed by atoms with Crippen molar-refractivity contribution in [3.63, 3.8) is 0 Å². The first-order chi connectivity index (χ1) is 6.55. The van der Waals surface area contributed by atoms with Crippen LogP contribution in [-0.4, -0.2) is 49.6 Å². The molecule has 0 aromatic carbocycles. The van der Waals surface area contributed by atoms with Crippen LogP contribution in [0.15, 0.2) is 0 Å². The minimum absolute atomic E-state index is 1.16. The van der Waals surface area contributed by atoms with E-state index < -0.39 is 28.3 Å². The lowest BCUT2D eigenvalue weighted by molar-refractivity contribution is -0.0995. The van der Waals surface area contributed by atoms with E-state index in [0.29, 0.717) is 0 Å². The minimum Gasteiger partial charge on any atom is -0.355 e. The normalized spacial score (nSPS) is 16.7. The second kappa shape index (κ2) is 6.35. The Labute approximate surface area is 81.4 Å². The quantitative estimate of drug-likeness (QED) is 0.615. The van der Waals surface area contributed by atoms with Crippen LogP contribution >= 0.6 is 0 Å². The molecule has 4 nitrogen and oxygen atoms in total. The van der Waals surface area contributed by atoms with Gasteiger partial charge in [0, 0.05) is 21.3 Å². The molecule has 0 saturated heterocycles. The summed E-state index contributed by atoms with van der Waals surface area (Å²) >= 11 is 0. The Balaban J connectivity index is 4.28. The Hall–Kier alpha value is -0.153. The molecular weight excluding hydrogens is 221 g/mol. The van der Waals surface area contributed by atoms with E-state index in [9.17, 15) is 13.2 Å². The van der Waals surface area contributed by atoms with E-state index in [-0.39, 0.29) is 0 Å². The third-order valence-electron chi connectivity index (χ3n) is 1.44. The maximum absolute atomic E-state index is 12.8. The van der Waals surface area contributed by atoms with Gasteiger partial charge in [0.1, 0.15) is 6.67 Å². The molecule has 0 fully saturated rings. The molecular formula is C6H13F3O4Si. The molecule has 0 rings (SSSR count). The van der Waals surface area contributed by atoms with Crippen molar-refractivity contribution >= 4 is 9.05 Å². The SMILES string of the molecule is CO[Si](OC)(OC)OC(F)C(F)CF. The lowest BCUT2D eigenvalue weighted by Crippen LogP contribution is -2.50. The van der Waals surface area contributed by atoms with Gasteiger partial charge in [-0.3, -0.25) is 0 Å². The summed E-state index contributed by atoms with van der Waals surface area (Å²) in [5.74, 6) is 0. The second-order valence-electron chi connectivity index (χ2n) is 2.25. The molecule has 0 heterocycles. The predicted octanol–water partition coefficient (Wildman–Crippen LogP) is 0.981. The van der Waals surface area contributed by atoms with Crippen molar-refractivity contribution in [1.29, 1.82) is 0 Å². The van der Waals surface area contributed by atoms with Gasteiger partial charge in [0.25, 0.3) is 0 Å². The number of hydrogen-bond donors (Lipinski definition) is 0. The average Bonchev–Trinajstić information content (AvgIpc) is 2.24. The molecule has 0 aliphatic carbocycles. The van der Waals surface area contributed by atoms with Crippen molar-refractivity contribution < 1.29 is 30.9 Å². The lowest BCUT2D eigenvalue weighted by atomic mass is 10.4. The van der Waals surface area contributed by atoms with Gasteiger partial charge in [0.15, 0.2) is 6.17 Å². The zero-order valence-electron chi connectivity index (χ0n) is 8.13. The molecule has 0 aliphatic heterocycles. The first-order valence-electron chi connectivity index (χ1n) is 3.72. The predicted molar refractivity (Wildman–Crippen MR) is 43.6 cm³/mol. The van der Waals surface area contributed by atoms with Crippen LogP contribution < -0.4 is 0 Å². The van der Waals surface area contributed by atoms with Crippen LogP contribution in [0.2, 0.25) is 0 Å². The highest BCUT2D eigenvalue weighted by molar-refractivity contribution is 6.53. The van der Waals surface area contributed by atoms with Crippen LogP contribution in [0.5, 0.6) is 0 Å². The van der Waals surface area contributed by atoms with E-state index >= 15 is 0 Å². The molecule has 0 aliphatic rings. The Morgan fingerprint density at radius 3 is 1.79 bits per heavy atom. The fourth-order valence-corrected chi connectivity index (χ4v) is 1.89. The molecule has 2 unspecified atom stereocenters. The summed E-state index contributed by atoms with van der Waals surface area (Å²) < 4.78 is 55.3. The molecule has 8 heteroatoms. The summed E-state index contributed by atoms with van der Waals surface area (Å²) in [6, 6.07) is 0. The molecule has 0 radical (unpaired) electrons. The zero-order valence-corrected chi connectivity index (χ0v) is 9.13. The maximum atomic E-state index is 12.8. The van der Waals surface area contributed by atoms with Crippen LogP contribution in [0.4, 0.5) is 13.2 Å². The first kappa shape index (κ1) is 13.8. The maximum Gasteiger partial charge on any atom is 0.681 e. The summed E-state index contributed by atoms with van der Waals surface area (Å²) in [5.41, 5.74) is 0. The van der Waals surface area contributed by atoms with E-state index in [1.165, 1.54) is 0 Å². The summed E-state index contributed by atoms with van der Waals surface area (Å²) in [6.45, 7) is -1.48. The van der Waals surface area contributed by atoms with Gasteiger partial charge in [-0.15, -0.1) is 0 Å². The first-order valence-corrected chi connectivity index (χ1v) is 5.36. The molecule has 0 spiro atoms. The van der Waals surface area contributed by atoms with Crippen LogP contribution in [0.25, 0.3) is 0 Å². The second-order valence-corrected chi connectivity index (χ2v) is 4.71. The molecule has 0 amide bonds. The molecule has 86 valence electrons. The smallest absolute Gasteiger partial charge is 0.355 e.